The number of halogens is 1. The molecule has 0 aromatic heterocycles. The molecule has 0 radical (unpaired) electrons. The highest BCUT2D eigenvalue weighted by Gasteiger charge is 2.34. The molecular formula is C16H12FNO7. The van der Waals surface area contributed by atoms with Gasteiger partial charge in [-0.15, -0.1) is 0 Å². The van der Waals surface area contributed by atoms with Gasteiger partial charge in [0.1, 0.15) is 6.61 Å². The first kappa shape index (κ1) is 17.9. The molecule has 2 aromatic rings. The van der Waals surface area contributed by atoms with E-state index in [-0.39, 0.29) is 6.61 Å². The Morgan fingerprint density at radius 2 is 1.72 bits per heavy atom. The number of hydrogen-bond donors (Lipinski definition) is 2. The summed E-state index contributed by atoms with van der Waals surface area (Å²) < 4.78 is 19.8. The predicted molar refractivity (Wildman–Crippen MR) is 81.8 cm³/mol. The van der Waals surface area contributed by atoms with Crippen LogP contribution in [0.1, 0.15) is 17.0 Å². The van der Waals surface area contributed by atoms with Crippen LogP contribution in [0, 0.1) is 15.9 Å². The Labute approximate surface area is 140 Å². The number of carboxylic acid groups (broad SMARTS) is 2. The highest BCUT2D eigenvalue weighted by Crippen LogP contribution is 2.35. The van der Waals surface area contributed by atoms with Crippen LogP contribution >= 0.6 is 0 Å². The van der Waals surface area contributed by atoms with E-state index in [2.05, 4.69) is 0 Å². The highest BCUT2D eigenvalue weighted by atomic mass is 19.1. The fraction of sp³-hybridized carbons (Fsp3) is 0.125. The van der Waals surface area contributed by atoms with Crippen LogP contribution in [0.25, 0.3) is 0 Å². The zero-order chi connectivity index (χ0) is 18.6. The number of nitrogens with zero attached hydrogens (tertiary/aromatic N) is 1. The third-order valence-electron chi connectivity index (χ3n) is 3.33. The highest BCUT2D eigenvalue weighted by molar-refractivity contribution is 5.99. The lowest BCUT2D eigenvalue weighted by Crippen LogP contribution is -2.22. The maximum absolute atomic E-state index is 14.6. The summed E-state index contributed by atoms with van der Waals surface area (Å²) in [5.74, 6) is -8.00. The summed E-state index contributed by atoms with van der Waals surface area (Å²) in [5, 5.41) is 29.0. The van der Waals surface area contributed by atoms with Crippen molar-refractivity contribution in [2.75, 3.05) is 0 Å². The van der Waals surface area contributed by atoms with Crippen LogP contribution in [0.5, 0.6) is 5.75 Å². The Morgan fingerprint density at radius 1 is 1.12 bits per heavy atom. The van der Waals surface area contributed by atoms with Gasteiger partial charge in [-0.05, 0) is 11.6 Å². The molecule has 0 bridgehead atoms. The third-order valence-corrected chi connectivity index (χ3v) is 3.33. The zero-order valence-electron chi connectivity index (χ0n) is 12.6. The van der Waals surface area contributed by atoms with Gasteiger partial charge in [0, 0.05) is 11.6 Å². The SMILES string of the molecule is O=C(O)C(C(=O)O)c1ccc([N+](=O)[O-])c(OCc2ccccc2)c1F. The summed E-state index contributed by atoms with van der Waals surface area (Å²) in [6.45, 7) is -0.215. The van der Waals surface area contributed by atoms with Crippen molar-refractivity contribution in [3.05, 3.63) is 69.5 Å². The Hall–Kier alpha value is -3.49. The second kappa shape index (κ2) is 7.39. The van der Waals surface area contributed by atoms with Gasteiger partial charge in [-0.25, -0.2) is 4.39 Å². The van der Waals surface area contributed by atoms with Crippen LogP contribution < -0.4 is 4.74 Å². The van der Waals surface area contributed by atoms with Crippen molar-refractivity contribution in [2.45, 2.75) is 12.5 Å². The van der Waals surface area contributed by atoms with Crippen LogP contribution in [-0.2, 0) is 16.2 Å². The molecule has 2 rings (SSSR count). The smallest absolute Gasteiger partial charge is 0.322 e. The lowest BCUT2D eigenvalue weighted by atomic mass is 9.98. The summed E-state index contributed by atoms with van der Waals surface area (Å²) in [5.41, 5.74) is -0.866. The normalized spacial score (nSPS) is 10.5. The molecule has 2 aromatic carbocycles. The first-order valence-electron chi connectivity index (χ1n) is 6.92. The van der Waals surface area contributed by atoms with E-state index in [1.807, 2.05) is 0 Å². The third kappa shape index (κ3) is 3.89. The predicted octanol–water partition coefficient (Wildman–Crippen LogP) is 2.57. The maximum Gasteiger partial charge on any atom is 0.322 e. The van der Waals surface area contributed by atoms with Gasteiger partial charge in [-0.1, -0.05) is 30.3 Å². The van der Waals surface area contributed by atoms with Gasteiger partial charge in [-0.3, -0.25) is 19.7 Å². The number of nitro benzene ring substituents is 1. The zero-order valence-corrected chi connectivity index (χ0v) is 12.6. The Morgan fingerprint density at radius 3 is 2.24 bits per heavy atom. The average molecular weight is 349 g/mol. The monoisotopic (exact) mass is 349 g/mol. The lowest BCUT2D eigenvalue weighted by Gasteiger charge is -2.13. The van der Waals surface area contributed by atoms with E-state index in [9.17, 15) is 24.1 Å². The number of carbonyl (C=O) groups is 2. The molecule has 25 heavy (non-hydrogen) atoms. The van der Waals surface area contributed by atoms with Crippen LogP contribution in [0.3, 0.4) is 0 Å². The molecule has 0 atom stereocenters. The molecule has 9 heteroatoms. The van der Waals surface area contributed by atoms with Crippen LogP contribution in [0.2, 0.25) is 0 Å². The molecule has 0 saturated carbocycles. The van der Waals surface area contributed by atoms with Gasteiger partial charge in [0.2, 0.25) is 5.75 Å². The van der Waals surface area contributed by atoms with E-state index in [1.54, 1.807) is 30.3 Å². The number of nitro groups is 1. The van der Waals surface area contributed by atoms with Crippen molar-refractivity contribution in [3.63, 3.8) is 0 Å². The fourth-order valence-electron chi connectivity index (χ4n) is 2.17. The molecule has 0 amide bonds. The standard InChI is InChI=1S/C16H12FNO7/c17-13-10(12(15(19)20)16(21)22)6-7-11(18(23)24)14(13)25-8-9-4-2-1-3-5-9/h1-7,12H,8H2,(H,19,20)(H,21,22). The van der Waals surface area contributed by atoms with Gasteiger partial charge in [-0.2, -0.15) is 0 Å². The summed E-state index contributed by atoms with van der Waals surface area (Å²) in [6.07, 6.45) is 0. The van der Waals surface area contributed by atoms with Gasteiger partial charge in [0.25, 0.3) is 0 Å². The number of hydrogen-bond acceptors (Lipinski definition) is 5. The van der Waals surface area contributed by atoms with Crippen molar-refractivity contribution in [1.29, 1.82) is 0 Å². The average Bonchev–Trinajstić information content (AvgIpc) is 2.55. The fourth-order valence-corrected chi connectivity index (χ4v) is 2.17. The van der Waals surface area contributed by atoms with E-state index in [0.29, 0.717) is 5.56 Å². The largest absolute Gasteiger partial charge is 0.480 e. The molecule has 0 unspecified atom stereocenters. The Balaban J connectivity index is 2.47. The second-order valence-corrected chi connectivity index (χ2v) is 4.96. The van der Waals surface area contributed by atoms with E-state index in [4.69, 9.17) is 14.9 Å². The summed E-state index contributed by atoms with van der Waals surface area (Å²) in [4.78, 5) is 32.3. The minimum absolute atomic E-state index is 0.215. The first-order chi connectivity index (χ1) is 11.8. The van der Waals surface area contributed by atoms with Crippen LogP contribution in [0.4, 0.5) is 10.1 Å². The molecule has 2 N–H and O–H groups in total. The van der Waals surface area contributed by atoms with E-state index < -0.39 is 45.6 Å². The van der Waals surface area contributed by atoms with Crippen molar-refractivity contribution in [3.8, 4) is 5.75 Å². The van der Waals surface area contributed by atoms with Crippen molar-refractivity contribution < 1.29 is 33.9 Å². The Bertz CT molecular complexity index is 809. The van der Waals surface area contributed by atoms with E-state index in [1.165, 1.54) is 0 Å². The van der Waals surface area contributed by atoms with Gasteiger partial charge in [0.05, 0.1) is 4.92 Å². The molecule has 0 aliphatic carbocycles. The van der Waals surface area contributed by atoms with Crippen molar-refractivity contribution in [1.82, 2.24) is 0 Å². The Kier molecular flexibility index (Phi) is 5.28. The number of aliphatic carboxylic acids is 2. The van der Waals surface area contributed by atoms with E-state index in [0.717, 1.165) is 12.1 Å². The minimum Gasteiger partial charge on any atom is -0.480 e. The number of benzene rings is 2. The molecular weight excluding hydrogens is 337 g/mol. The summed E-state index contributed by atoms with van der Waals surface area (Å²) in [6, 6.07) is 9.97. The molecule has 0 aliphatic rings. The van der Waals surface area contributed by atoms with Gasteiger partial charge >= 0.3 is 17.6 Å². The molecule has 0 spiro atoms. The summed E-state index contributed by atoms with van der Waals surface area (Å²) in [7, 11) is 0. The molecule has 0 fully saturated rings. The van der Waals surface area contributed by atoms with Crippen molar-refractivity contribution in [2.24, 2.45) is 0 Å². The quantitative estimate of drug-likeness (QED) is 0.447. The summed E-state index contributed by atoms with van der Waals surface area (Å²) >= 11 is 0. The van der Waals surface area contributed by atoms with E-state index >= 15 is 0 Å². The lowest BCUT2D eigenvalue weighted by molar-refractivity contribution is -0.386. The molecule has 8 nitrogen and oxygen atoms in total. The molecule has 0 saturated heterocycles. The van der Waals surface area contributed by atoms with Gasteiger partial charge < -0.3 is 14.9 Å². The molecule has 0 heterocycles. The maximum atomic E-state index is 14.6. The second-order valence-electron chi connectivity index (χ2n) is 4.96. The van der Waals surface area contributed by atoms with Crippen LogP contribution in [0.15, 0.2) is 42.5 Å². The topological polar surface area (TPSA) is 127 Å². The number of rotatable bonds is 7. The number of carboxylic acids is 2. The van der Waals surface area contributed by atoms with Crippen LogP contribution in [-0.4, -0.2) is 27.1 Å². The first-order valence-corrected chi connectivity index (χ1v) is 6.92. The minimum atomic E-state index is -2.21. The molecule has 130 valence electrons. The molecule has 0 aliphatic heterocycles. The number of ether oxygens (including phenoxy) is 1. The van der Waals surface area contributed by atoms with Crippen molar-refractivity contribution >= 4 is 17.6 Å². The van der Waals surface area contributed by atoms with Gasteiger partial charge in [0.15, 0.2) is 11.7 Å².